The molecule has 0 spiro atoms. The molecule has 0 amide bonds. The fourth-order valence-corrected chi connectivity index (χ4v) is 3.03. The van der Waals surface area contributed by atoms with Crippen LogP contribution in [0.4, 0.5) is 0 Å². The predicted molar refractivity (Wildman–Crippen MR) is 86.2 cm³/mol. The van der Waals surface area contributed by atoms with Crippen molar-refractivity contribution >= 4 is 21.8 Å². The van der Waals surface area contributed by atoms with Gasteiger partial charge in [0, 0.05) is 35.8 Å². The maximum absolute atomic E-state index is 4.44. The normalized spacial score (nSPS) is 11.3. The van der Waals surface area contributed by atoms with Gasteiger partial charge in [-0.3, -0.25) is 0 Å². The highest BCUT2D eigenvalue weighted by atomic mass is 14.9. The van der Waals surface area contributed by atoms with Crippen LogP contribution in [-0.4, -0.2) is 14.5 Å². The number of fused-ring (bicyclic) bond motifs is 3. The molecule has 4 rings (SSSR count). The standard InChI is InChI=1S/C18H15N3/c1-12-5-3-4-6-13(12)15-9-17-16(10-19-11-20-17)14-7-8-21(2)18(14)15/h3-11H,1-2H3. The Morgan fingerprint density at radius 1 is 1.00 bits per heavy atom. The molecule has 2 heterocycles. The van der Waals surface area contributed by atoms with E-state index in [1.807, 2.05) is 6.20 Å². The van der Waals surface area contributed by atoms with Gasteiger partial charge in [0.15, 0.2) is 0 Å². The highest BCUT2D eigenvalue weighted by molar-refractivity contribution is 6.11. The molecular weight excluding hydrogens is 258 g/mol. The van der Waals surface area contributed by atoms with E-state index in [0.717, 1.165) is 10.9 Å². The van der Waals surface area contributed by atoms with E-state index in [1.54, 1.807) is 6.33 Å². The summed E-state index contributed by atoms with van der Waals surface area (Å²) in [4.78, 5) is 8.61. The van der Waals surface area contributed by atoms with E-state index in [4.69, 9.17) is 0 Å². The molecular formula is C18H15N3. The van der Waals surface area contributed by atoms with Crippen LogP contribution < -0.4 is 0 Å². The Morgan fingerprint density at radius 3 is 2.71 bits per heavy atom. The van der Waals surface area contributed by atoms with Crippen LogP contribution >= 0.6 is 0 Å². The van der Waals surface area contributed by atoms with E-state index in [9.17, 15) is 0 Å². The first-order valence-corrected chi connectivity index (χ1v) is 6.99. The van der Waals surface area contributed by atoms with Crippen molar-refractivity contribution in [1.82, 2.24) is 14.5 Å². The number of aromatic nitrogens is 3. The van der Waals surface area contributed by atoms with Gasteiger partial charge in [-0.2, -0.15) is 0 Å². The summed E-state index contributed by atoms with van der Waals surface area (Å²) in [5.74, 6) is 0. The number of benzene rings is 2. The summed E-state index contributed by atoms with van der Waals surface area (Å²) in [6, 6.07) is 12.8. The lowest BCUT2D eigenvalue weighted by Gasteiger charge is -2.11. The van der Waals surface area contributed by atoms with Gasteiger partial charge >= 0.3 is 0 Å². The Kier molecular flexibility index (Phi) is 2.54. The highest BCUT2D eigenvalue weighted by Gasteiger charge is 2.13. The predicted octanol–water partition coefficient (Wildman–Crippen LogP) is 4.10. The zero-order valence-corrected chi connectivity index (χ0v) is 12.0. The lowest BCUT2D eigenvalue weighted by Crippen LogP contribution is -1.92. The molecule has 3 heteroatoms. The maximum Gasteiger partial charge on any atom is 0.116 e. The largest absolute Gasteiger partial charge is 0.350 e. The average Bonchev–Trinajstić information content (AvgIpc) is 2.90. The van der Waals surface area contributed by atoms with Gasteiger partial charge in [0.2, 0.25) is 0 Å². The summed E-state index contributed by atoms with van der Waals surface area (Å²) in [5.41, 5.74) is 5.97. The molecule has 0 radical (unpaired) electrons. The van der Waals surface area contributed by atoms with Gasteiger partial charge in [0.05, 0.1) is 11.0 Å². The van der Waals surface area contributed by atoms with Gasteiger partial charge in [-0.1, -0.05) is 24.3 Å². The van der Waals surface area contributed by atoms with E-state index >= 15 is 0 Å². The third-order valence-corrected chi connectivity index (χ3v) is 4.08. The lowest BCUT2D eigenvalue weighted by molar-refractivity contribution is 0.970. The van der Waals surface area contributed by atoms with Crippen molar-refractivity contribution in [3.8, 4) is 11.1 Å². The second-order valence-electron chi connectivity index (χ2n) is 5.38. The third-order valence-electron chi connectivity index (χ3n) is 4.08. The van der Waals surface area contributed by atoms with Gasteiger partial charge in [-0.25, -0.2) is 9.97 Å². The van der Waals surface area contributed by atoms with E-state index in [-0.39, 0.29) is 0 Å². The number of rotatable bonds is 1. The molecule has 0 saturated carbocycles. The molecule has 102 valence electrons. The van der Waals surface area contributed by atoms with E-state index in [0.29, 0.717) is 0 Å². The van der Waals surface area contributed by atoms with Gasteiger partial charge < -0.3 is 4.57 Å². The van der Waals surface area contributed by atoms with Crippen LogP contribution in [0.25, 0.3) is 32.9 Å². The molecule has 4 aromatic rings. The van der Waals surface area contributed by atoms with Crippen LogP contribution in [0.5, 0.6) is 0 Å². The van der Waals surface area contributed by atoms with Crippen LogP contribution in [0.3, 0.4) is 0 Å². The van der Waals surface area contributed by atoms with Gasteiger partial charge in [0.1, 0.15) is 6.33 Å². The minimum atomic E-state index is 0.988. The molecule has 0 bridgehead atoms. The number of hydrogen-bond acceptors (Lipinski definition) is 2. The van der Waals surface area contributed by atoms with Crippen molar-refractivity contribution in [3.05, 3.63) is 60.7 Å². The van der Waals surface area contributed by atoms with Gasteiger partial charge in [-0.05, 0) is 30.2 Å². The summed E-state index contributed by atoms with van der Waals surface area (Å²) in [5, 5.41) is 2.30. The molecule has 2 aromatic heterocycles. The summed E-state index contributed by atoms with van der Waals surface area (Å²) < 4.78 is 2.17. The van der Waals surface area contributed by atoms with Crippen molar-refractivity contribution in [2.24, 2.45) is 7.05 Å². The Balaban J connectivity index is 2.21. The van der Waals surface area contributed by atoms with Crippen molar-refractivity contribution in [1.29, 1.82) is 0 Å². The van der Waals surface area contributed by atoms with E-state index < -0.39 is 0 Å². The molecule has 3 nitrogen and oxygen atoms in total. The summed E-state index contributed by atoms with van der Waals surface area (Å²) in [6.07, 6.45) is 5.60. The van der Waals surface area contributed by atoms with Crippen molar-refractivity contribution in [3.63, 3.8) is 0 Å². The summed E-state index contributed by atoms with van der Waals surface area (Å²) in [7, 11) is 2.08. The quantitative estimate of drug-likeness (QED) is 0.523. The smallest absolute Gasteiger partial charge is 0.116 e. The van der Waals surface area contributed by atoms with Crippen LogP contribution in [0.15, 0.2) is 55.1 Å². The van der Waals surface area contributed by atoms with Gasteiger partial charge in [0.25, 0.3) is 0 Å². The maximum atomic E-state index is 4.44. The van der Waals surface area contributed by atoms with Gasteiger partial charge in [-0.15, -0.1) is 0 Å². The zero-order chi connectivity index (χ0) is 14.4. The summed E-state index contributed by atoms with van der Waals surface area (Å²) >= 11 is 0. The second kappa shape index (κ2) is 4.42. The van der Waals surface area contributed by atoms with Crippen molar-refractivity contribution in [2.75, 3.05) is 0 Å². The molecule has 0 atom stereocenters. The fraction of sp³-hybridized carbons (Fsp3) is 0.111. The molecule has 0 N–H and O–H groups in total. The first-order valence-electron chi connectivity index (χ1n) is 6.99. The topological polar surface area (TPSA) is 30.7 Å². The molecule has 2 aromatic carbocycles. The Bertz CT molecular complexity index is 967. The molecule has 0 aliphatic rings. The van der Waals surface area contributed by atoms with E-state index in [1.165, 1.54) is 27.6 Å². The first kappa shape index (κ1) is 12.1. The van der Waals surface area contributed by atoms with Crippen LogP contribution in [0, 0.1) is 6.92 Å². The minimum Gasteiger partial charge on any atom is -0.350 e. The lowest BCUT2D eigenvalue weighted by atomic mass is 9.97. The first-order chi connectivity index (χ1) is 10.3. The Morgan fingerprint density at radius 2 is 1.86 bits per heavy atom. The van der Waals surface area contributed by atoms with E-state index in [2.05, 4.69) is 71.1 Å². The fourth-order valence-electron chi connectivity index (χ4n) is 3.03. The second-order valence-corrected chi connectivity index (χ2v) is 5.38. The molecule has 0 saturated heterocycles. The minimum absolute atomic E-state index is 0.988. The highest BCUT2D eigenvalue weighted by Crippen LogP contribution is 2.35. The van der Waals surface area contributed by atoms with Crippen LogP contribution in [0.2, 0.25) is 0 Å². The Hall–Kier alpha value is -2.68. The number of aryl methyl sites for hydroxylation is 2. The number of hydrogen-bond donors (Lipinski definition) is 0. The molecule has 0 unspecified atom stereocenters. The van der Waals surface area contributed by atoms with Crippen LogP contribution in [-0.2, 0) is 7.05 Å². The molecule has 21 heavy (non-hydrogen) atoms. The monoisotopic (exact) mass is 273 g/mol. The molecule has 0 aliphatic carbocycles. The summed E-state index contributed by atoms with van der Waals surface area (Å²) in [6.45, 7) is 2.15. The number of nitrogens with zero attached hydrogens (tertiary/aromatic N) is 3. The Labute approximate surface area is 122 Å². The van der Waals surface area contributed by atoms with Crippen LogP contribution in [0.1, 0.15) is 5.56 Å². The average molecular weight is 273 g/mol. The molecule has 0 fully saturated rings. The third kappa shape index (κ3) is 1.74. The van der Waals surface area contributed by atoms with Crippen molar-refractivity contribution in [2.45, 2.75) is 6.92 Å². The zero-order valence-electron chi connectivity index (χ0n) is 12.0. The SMILES string of the molecule is Cc1ccccc1-c1cc2ncncc2c2ccn(C)c12. The van der Waals surface area contributed by atoms with Crippen molar-refractivity contribution < 1.29 is 0 Å². The molecule has 0 aliphatic heterocycles.